The van der Waals surface area contributed by atoms with Gasteiger partial charge in [0.25, 0.3) is 0 Å². The van der Waals surface area contributed by atoms with Gasteiger partial charge in [-0.25, -0.2) is 0 Å². The van der Waals surface area contributed by atoms with Crippen LogP contribution in [0.25, 0.3) is 0 Å². The highest BCUT2D eigenvalue weighted by Gasteiger charge is 2.44. The number of rotatable bonds is 5. The van der Waals surface area contributed by atoms with Crippen molar-refractivity contribution in [1.82, 2.24) is 5.32 Å². The third-order valence-electron chi connectivity index (χ3n) is 3.81. The summed E-state index contributed by atoms with van der Waals surface area (Å²) in [5.74, 6) is 1.10. The summed E-state index contributed by atoms with van der Waals surface area (Å²) in [5, 5.41) is 3.54. The molecule has 1 atom stereocenters. The summed E-state index contributed by atoms with van der Waals surface area (Å²) in [6.45, 7) is 3.92. The van der Waals surface area contributed by atoms with Gasteiger partial charge in [0.2, 0.25) is 0 Å². The van der Waals surface area contributed by atoms with E-state index >= 15 is 0 Å². The van der Waals surface area contributed by atoms with E-state index < -0.39 is 0 Å². The Morgan fingerprint density at radius 3 is 2.75 bits per heavy atom. The zero-order chi connectivity index (χ0) is 11.4. The van der Waals surface area contributed by atoms with Crippen molar-refractivity contribution in [2.45, 2.75) is 50.7 Å². The molecule has 1 N–H and O–H groups in total. The predicted molar refractivity (Wildman–Crippen MR) is 64.3 cm³/mol. The lowest BCUT2D eigenvalue weighted by Crippen LogP contribution is -2.51. The summed E-state index contributed by atoms with van der Waals surface area (Å²) >= 11 is 0. The summed E-state index contributed by atoms with van der Waals surface area (Å²) < 4.78 is 11.6. The van der Waals surface area contributed by atoms with Crippen LogP contribution in [-0.2, 0) is 9.47 Å². The first-order chi connectivity index (χ1) is 7.82. The summed E-state index contributed by atoms with van der Waals surface area (Å²) in [6.07, 6.45) is 8.07. The molecule has 2 rings (SSSR count). The lowest BCUT2D eigenvalue weighted by molar-refractivity contribution is -0.0377. The third kappa shape index (κ3) is 2.11. The zero-order valence-electron chi connectivity index (χ0n) is 10.4. The van der Waals surface area contributed by atoms with Crippen molar-refractivity contribution in [3.63, 3.8) is 0 Å². The van der Waals surface area contributed by atoms with Crippen molar-refractivity contribution in [2.24, 2.45) is 0 Å². The fourth-order valence-electron chi connectivity index (χ4n) is 2.97. The number of ether oxygens (including phenoxy) is 2. The minimum Gasteiger partial charge on any atom is -0.496 e. The Morgan fingerprint density at radius 1 is 1.50 bits per heavy atom. The van der Waals surface area contributed by atoms with Gasteiger partial charge in [0.1, 0.15) is 5.76 Å². The zero-order valence-corrected chi connectivity index (χ0v) is 10.4. The number of methoxy groups -OCH3 is 1. The number of hydrogen-bond acceptors (Lipinski definition) is 3. The molecular formula is C13H23NO2. The van der Waals surface area contributed by atoms with E-state index in [2.05, 4.69) is 18.3 Å². The Bertz CT molecular complexity index is 257. The molecular weight excluding hydrogens is 202 g/mol. The number of hydrogen-bond donors (Lipinski definition) is 1. The second-order valence-corrected chi connectivity index (χ2v) is 4.71. The molecule has 3 heteroatoms. The maximum absolute atomic E-state index is 5.84. The molecule has 0 saturated heterocycles. The molecule has 16 heavy (non-hydrogen) atoms. The van der Waals surface area contributed by atoms with Gasteiger partial charge in [-0.15, -0.1) is 0 Å². The number of nitrogens with one attached hydrogen (secondary N) is 1. The molecule has 2 aliphatic rings. The summed E-state index contributed by atoms with van der Waals surface area (Å²) in [4.78, 5) is 0. The van der Waals surface area contributed by atoms with E-state index in [0.29, 0.717) is 0 Å². The standard InChI is InChI=1S/C13H23NO2/c1-3-14-12(11-7-6-10-16-11)13(15-2)8-4-5-9-13/h7,12,14H,3-6,8-10H2,1-2H3. The predicted octanol–water partition coefficient (Wildman–Crippen LogP) is 2.23. The lowest BCUT2D eigenvalue weighted by Gasteiger charge is -2.37. The second kappa shape index (κ2) is 5.19. The van der Waals surface area contributed by atoms with Crippen LogP contribution in [0.2, 0.25) is 0 Å². The number of likely N-dealkylation sites (N-methyl/N-ethyl adjacent to an activating group) is 1. The molecule has 0 bridgehead atoms. The first-order valence-electron chi connectivity index (χ1n) is 6.44. The Balaban J connectivity index is 2.16. The third-order valence-corrected chi connectivity index (χ3v) is 3.81. The molecule has 1 aliphatic heterocycles. The van der Waals surface area contributed by atoms with E-state index in [-0.39, 0.29) is 11.6 Å². The average Bonchev–Trinajstić information content (AvgIpc) is 2.98. The van der Waals surface area contributed by atoms with Gasteiger partial charge in [-0.3, -0.25) is 0 Å². The molecule has 1 heterocycles. The maximum atomic E-state index is 5.84. The molecule has 0 aromatic heterocycles. The maximum Gasteiger partial charge on any atom is 0.112 e. The molecule has 0 aromatic rings. The minimum absolute atomic E-state index is 0.0355. The van der Waals surface area contributed by atoms with Gasteiger partial charge in [-0.2, -0.15) is 0 Å². The molecule has 1 saturated carbocycles. The Morgan fingerprint density at radius 2 is 2.25 bits per heavy atom. The van der Waals surface area contributed by atoms with Crippen LogP contribution in [0.3, 0.4) is 0 Å². The van der Waals surface area contributed by atoms with Crippen LogP contribution in [-0.4, -0.2) is 31.9 Å². The molecule has 0 aromatic carbocycles. The highest BCUT2D eigenvalue weighted by Crippen LogP contribution is 2.39. The van der Waals surface area contributed by atoms with Crippen LogP contribution >= 0.6 is 0 Å². The van der Waals surface area contributed by atoms with Crippen molar-refractivity contribution < 1.29 is 9.47 Å². The van der Waals surface area contributed by atoms with Crippen molar-refractivity contribution in [3.05, 3.63) is 11.8 Å². The topological polar surface area (TPSA) is 30.5 Å². The van der Waals surface area contributed by atoms with Crippen LogP contribution < -0.4 is 5.32 Å². The van der Waals surface area contributed by atoms with E-state index in [1.165, 1.54) is 12.8 Å². The van der Waals surface area contributed by atoms with E-state index in [9.17, 15) is 0 Å². The SMILES string of the molecule is CCNC(C1=CCCO1)C1(OC)CCCC1. The molecule has 1 aliphatic carbocycles. The molecule has 0 amide bonds. The van der Waals surface area contributed by atoms with Crippen LogP contribution in [0.1, 0.15) is 39.0 Å². The van der Waals surface area contributed by atoms with Gasteiger partial charge in [-0.05, 0) is 25.5 Å². The molecule has 0 spiro atoms. The van der Waals surface area contributed by atoms with Crippen LogP contribution in [0, 0.1) is 0 Å². The first-order valence-corrected chi connectivity index (χ1v) is 6.44. The van der Waals surface area contributed by atoms with Crippen molar-refractivity contribution in [2.75, 3.05) is 20.3 Å². The molecule has 92 valence electrons. The van der Waals surface area contributed by atoms with Crippen LogP contribution in [0.15, 0.2) is 11.8 Å². The van der Waals surface area contributed by atoms with Crippen LogP contribution in [0.4, 0.5) is 0 Å². The summed E-state index contributed by atoms with van der Waals surface area (Å²) in [7, 11) is 1.84. The highest BCUT2D eigenvalue weighted by atomic mass is 16.5. The average molecular weight is 225 g/mol. The molecule has 3 nitrogen and oxygen atoms in total. The Kier molecular flexibility index (Phi) is 3.87. The first kappa shape index (κ1) is 11.9. The monoisotopic (exact) mass is 225 g/mol. The largest absolute Gasteiger partial charge is 0.496 e. The van der Waals surface area contributed by atoms with Gasteiger partial charge < -0.3 is 14.8 Å². The highest BCUT2D eigenvalue weighted by molar-refractivity contribution is 5.16. The lowest BCUT2D eigenvalue weighted by atomic mass is 9.90. The molecule has 1 fully saturated rings. The summed E-state index contributed by atoms with van der Waals surface area (Å²) in [6, 6.07) is 0.243. The Hall–Kier alpha value is -0.540. The van der Waals surface area contributed by atoms with Crippen molar-refractivity contribution in [1.29, 1.82) is 0 Å². The van der Waals surface area contributed by atoms with Crippen molar-refractivity contribution >= 4 is 0 Å². The van der Waals surface area contributed by atoms with E-state index in [0.717, 1.165) is 38.2 Å². The molecule has 0 radical (unpaired) electrons. The smallest absolute Gasteiger partial charge is 0.112 e. The fraction of sp³-hybridized carbons (Fsp3) is 0.846. The van der Waals surface area contributed by atoms with Crippen molar-refractivity contribution in [3.8, 4) is 0 Å². The summed E-state index contributed by atoms with van der Waals surface area (Å²) in [5.41, 5.74) is -0.0355. The van der Waals surface area contributed by atoms with Gasteiger partial charge in [0, 0.05) is 13.5 Å². The Labute approximate surface area is 98.2 Å². The second-order valence-electron chi connectivity index (χ2n) is 4.71. The van der Waals surface area contributed by atoms with E-state index in [1.54, 1.807) is 0 Å². The van der Waals surface area contributed by atoms with Gasteiger partial charge in [0.15, 0.2) is 0 Å². The van der Waals surface area contributed by atoms with Gasteiger partial charge in [-0.1, -0.05) is 19.8 Å². The normalized spacial score (nSPS) is 25.2. The quantitative estimate of drug-likeness (QED) is 0.778. The van der Waals surface area contributed by atoms with Gasteiger partial charge in [0.05, 0.1) is 18.2 Å². The minimum atomic E-state index is -0.0355. The van der Waals surface area contributed by atoms with E-state index in [4.69, 9.17) is 9.47 Å². The van der Waals surface area contributed by atoms with Gasteiger partial charge >= 0.3 is 0 Å². The van der Waals surface area contributed by atoms with Crippen LogP contribution in [0.5, 0.6) is 0 Å². The molecule has 1 unspecified atom stereocenters. The fourth-order valence-corrected chi connectivity index (χ4v) is 2.97. The van der Waals surface area contributed by atoms with E-state index in [1.807, 2.05) is 7.11 Å².